The van der Waals surface area contributed by atoms with Crippen LogP contribution in [-0.2, 0) is 6.42 Å². The minimum absolute atomic E-state index is 0.0617. The summed E-state index contributed by atoms with van der Waals surface area (Å²) < 4.78 is 35.7. The molecule has 6 rings (SSSR count). The van der Waals surface area contributed by atoms with E-state index in [1.54, 1.807) is 6.07 Å². The molecule has 210 valence electrons. The van der Waals surface area contributed by atoms with Crippen molar-refractivity contribution in [2.24, 2.45) is 0 Å². The molecule has 0 atom stereocenters. The summed E-state index contributed by atoms with van der Waals surface area (Å²) in [4.78, 5) is 23.7. The third-order valence-electron chi connectivity index (χ3n) is 8.12. The molecule has 8 nitrogen and oxygen atoms in total. The molecule has 10 heteroatoms. The largest absolute Gasteiger partial charge is 0.486 e. The van der Waals surface area contributed by atoms with Gasteiger partial charge in [-0.05, 0) is 59.0 Å². The SMILES string of the molecule is CC(C)N1CCOc2c(F)cc(-c3nc(Cc4ncc(N5CCC(N(C)C)CC5)c5[nH]ccc45)ncc3F)cc21. The van der Waals surface area contributed by atoms with Crippen LogP contribution in [0.2, 0.25) is 0 Å². The predicted molar refractivity (Wildman–Crippen MR) is 153 cm³/mol. The number of rotatable bonds is 6. The van der Waals surface area contributed by atoms with Crippen molar-refractivity contribution >= 4 is 22.3 Å². The van der Waals surface area contributed by atoms with Gasteiger partial charge in [-0.1, -0.05) is 0 Å². The third-order valence-corrected chi connectivity index (χ3v) is 8.12. The molecule has 0 spiro atoms. The van der Waals surface area contributed by atoms with E-state index < -0.39 is 11.6 Å². The van der Waals surface area contributed by atoms with Crippen LogP contribution in [0.25, 0.3) is 22.2 Å². The second-order valence-corrected chi connectivity index (χ2v) is 11.1. The van der Waals surface area contributed by atoms with E-state index in [0.717, 1.165) is 54.4 Å². The smallest absolute Gasteiger partial charge is 0.178 e. The molecule has 1 aromatic carbocycles. The van der Waals surface area contributed by atoms with Gasteiger partial charge in [0.1, 0.15) is 18.1 Å². The van der Waals surface area contributed by atoms with Gasteiger partial charge in [0, 0.05) is 42.3 Å². The summed E-state index contributed by atoms with van der Waals surface area (Å²) >= 11 is 0. The van der Waals surface area contributed by atoms with Crippen LogP contribution in [0.1, 0.15) is 38.2 Å². The highest BCUT2D eigenvalue weighted by Gasteiger charge is 2.26. The molecule has 5 heterocycles. The van der Waals surface area contributed by atoms with Crippen molar-refractivity contribution in [1.29, 1.82) is 0 Å². The lowest BCUT2D eigenvalue weighted by molar-refractivity contribution is 0.250. The molecule has 0 amide bonds. The van der Waals surface area contributed by atoms with E-state index in [9.17, 15) is 0 Å². The second-order valence-electron chi connectivity index (χ2n) is 11.1. The zero-order valence-corrected chi connectivity index (χ0v) is 23.4. The lowest BCUT2D eigenvalue weighted by Gasteiger charge is -2.36. The maximum absolute atomic E-state index is 15.1. The van der Waals surface area contributed by atoms with E-state index in [-0.39, 0.29) is 17.5 Å². The molecule has 0 saturated carbocycles. The summed E-state index contributed by atoms with van der Waals surface area (Å²) in [6, 6.07) is 5.79. The van der Waals surface area contributed by atoms with Crippen molar-refractivity contribution in [3.8, 4) is 17.0 Å². The van der Waals surface area contributed by atoms with Gasteiger partial charge >= 0.3 is 0 Å². The first-order chi connectivity index (χ1) is 19.3. The first-order valence-electron chi connectivity index (χ1n) is 13.9. The number of anilines is 2. The monoisotopic (exact) mass is 547 g/mol. The van der Waals surface area contributed by atoms with Crippen molar-refractivity contribution in [1.82, 2.24) is 24.8 Å². The van der Waals surface area contributed by atoms with Crippen LogP contribution in [0.5, 0.6) is 5.75 Å². The number of benzene rings is 1. The molecule has 0 unspecified atom stereocenters. The Morgan fingerprint density at radius 3 is 2.60 bits per heavy atom. The number of nitrogens with one attached hydrogen (secondary N) is 1. The molecule has 0 bridgehead atoms. The predicted octanol–water partition coefficient (Wildman–Crippen LogP) is 5.03. The number of aromatic amines is 1. The van der Waals surface area contributed by atoms with Crippen LogP contribution in [0.3, 0.4) is 0 Å². The van der Waals surface area contributed by atoms with Crippen LogP contribution in [0.4, 0.5) is 20.2 Å². The molecular weight excluding hydrogens is 512 g/mol. The standard InChI is InChI=1S/C30H35F2N7O/c1-18(2)39-11-12-40-30-22(31)13-19(14-25(30)39)28-23(32)16-35-27(36-28)15-24-21-5-8-33-29(21)26(17-34-24)38-9-6-20(7-10-38)37(3)4/h5,8,13-14,16-18,20,33H,6-7,9-12,15H2,1-4H3. The van der Waals surface area contributed by atoms with E-state index >= 15 is 8.78 Å². The molecule has 40 heavy (non-hydrogen) atoms. The highest BCUT2D eigenvalue weighted by molar-refractivity contribution is 5.92. The zero-order valence-electron chi connectivity index (χ0n) is 23.4. The molecule has 3 aromatic heterocycles. The number of hydrogen-bond donors (Lipinski definition) is 1. The fourth-order valence-electron chi connectivity index (χ4n) is 5.91. The highest BCUT2D eigenvalue weighted by Crippen LogP contribution is 2.39. The van der Waals surface area contributed by atoms with Crippen LogP contribution in [0, 0.1) is 11.6 Å². The summed E-state index contributed by atoms with van der Waals surface area (Å²) in [6.07, 6.45) is 7.51. The van der Waals surface area contributed by atoms with Crippen LogP contribution in [-0.4, -0.2) is 77.3 Å². The summed E-state index contributed by atoms with van der Waals surface area (Å²) in [5, 5.41) is 0.992. The summed E-state index contributed by atoms with van der Waals surface area (Å²) in [6.45, 7) is 7.05. The maximum atomic E-state index is 15.1. The quantitative estimate of drug-likeness (QED) is 0.363. The number of halogens is 2. The third kappa shape index (κ3) is 4.85. The van der Waals surface area contributed by atoms with Gasteiger partial charge in [0.15, 0.2) is 17.4 Å². The number of ether oxygens (including phenoxy) is 1. The van der Waals surface area contributed by atoms with E-state index in [1.807, 2.05) is 32.3 Å². The van der Waals surface area contributed by atoms with Crippen LogP contribution < -0.4 is 14.5 Å². The van der Waals surface area contributed by atoms with Gasteiger partial charge in [-0.25, -0.2) is 18.7 Å². The Bertz CT molecular complexity index is 1530. The maximum Gasteiger partial charge on any atom is 0.178 e. The van der Waals surface area contributed by atoms with E-state index in [4.69, 9.17) is 9.72 Å². The first kappa shape index (κ1) is 26.4. The molecule has 2 aliphatic rings. The Labute approximate surface area is 233 Å². The minimum atomic E-state index is -0.604. The normalized spacial score (nSPS) is 16.2. The average Bonchev–Trinajstić information content (AvgIpc) is 3.44. The van der Waals surface area contributed by atoms with Gasteiger partial charge < -0.3 is 24.4 Å². The van der Waals surface area contributed by atoms with Gasteiger partial charge in [-0.15, -0.1) is 0 Å². The Morgan fingerprint density at radius 2 is 1.85 bits per heavy atom. The molecule has 1 N–H and O–H groups in total. The molecule has 0 radical (unpaired) electrons. The topological polar surface area (TPSA) is 73.4 Å². The van der Waals surface area contributed by atoms with Gasteiger partial charge in [0.25, 0.3) is 0 Å². The lowest BCUT2D eigenvalue weighted by atomic mass is 10.0. The van der Waals surface area contributed by atoms with Gasteiger partial charge in [-0.2, -0.15) is 0 Å². The van der Waals surface area contributed by atoms with Gasteiger partial charge in [-0.3, -0.25) is 4.98 Å². The number of fused-ring (bicyclic) bond motifs is 2. The molecule has 1 fully saturated rings. The zero-order chi connectivity index (χ0) is 28.0. The molecule has 0 aliphatic carbocycles. The van der Waals surface area contributed by atoms with Gasteiger partial charge in [0.2, 0.25) is 0 Å². The van der Waals surface area contributed by atoms with Crippen LogP contribution >= 0.6 is 0 Å². The molecular formula is C30H35F2N7O. The fraction of sp³-hybridized carbons (Fsp3) is 0.433. The fourth-order valence-corrected chi connectivity index (χ4v) is 5.91. The molecule has 1 saturated heterocycles. The summed E-state index contributed by atoms with van der Waals surface area (Å²) in [7, 11) is 4.28. The summed E-state index contributed by atoms with van der Waals surface area (Å²) in [5.74, 6) is -0.519. The number of hydrogen-bond acceptors (Lipinski definition) is 7. The Balaban J connectivity index is 1.30. The molecule has 4 aromatic rings. The van der Waals surface area contributed by atoms with E-state index in [2.05, 4.69) is 43.7 Å². The van der Waals surface area contributed by atoms with Crippen molar-refractivity contribution in [2.75, 3.05) is 50.1 Å². The average molecular weight is 548 g/mol. The Kier molecular flexibility index (Phi) is 7.04. The minimum Gasteiger partial charge on any atom is -0.486 e. The lowest BCUT2D eigenvalue weighted by Crippen LogP contribution is -2.42. The van der Waals surface area contributed by atoms with Crippen LogP contribution in [0.15, 0.2) is 36.8 Å². The van der Waals surface area contributed by atoms with E-state index in [0.29, 0.717) is 42.7 Å². The number of nitrogens with zero attached hydrogens (tertiary/aromatic N) is 6. The van der Waals surface area contributed by atoms with Gasteiger partial charge in [0.05, 0.1) is 47.9 Å². The highest BCUT2D eigenvalue weighted by atomic mass is 19.1. The summed E-state index contributed by atoms with van der Waals surface area (Å²) in [5.41, 5.74) is 3.94. The van der Waals surface area contributed by atoms with Crippen molar-refractivity contribution in [2.45, 2.75) is 45.2 Å². The van der Waals surface area contributed by atoms with E-state index in [1.165, 1.54) is 6.07 Å². The van der Waals surface area contributed by atoms with Crippen molar-refractivity contribution in [3.05, 3.63) is 59.9 Å². The second kappa shape index (κ2) is 10.6. The molecule has 2 aliphatic heterocycles. The Morgan fingerprint density at radius 1 is 1.05 bits per heavy atom. The number of piperidine rings is 1. The number of aromatic nitrogens is 4. The number of H-pyrrole nitrogens is 1. The van der Waals surface area contributed by atoms with Crippen molar-refractivity contribution < 1.29 is 13.5 Å². The first-order valence-corrected chi connectivity index (χ1v) is 13.9. The number of pyridine rings is 1. The van der Waals surface area contributed by atoms with Crippen molar-refractivity contribution in [3.63, 3.8) is 0 Å². The Hall–Kier alpha value is -3.79.